The molecular formula is C9H13N3OS2. The van der Waals surface area contributed by atoms with E-state index in [9.17, 15) is 4.79 Å². The predicted molar refractivity (Wildman–Crippen MR) is 62.3 cm³/mol. The SMILES string of the molecule is CC1(C)CN(C(=O)c2cnsn2)CCS1. The lowest BCUT2D eigenvalue weighted by atomic mass is 10.2. The maximum absolute atomic E-state index is 12.0. The summed E-state index contributed by atoms with van der Waals surface area (Å²) in [5, 5.41) is 0. The number of hydrogen-bond donors (Lipinski definition) is 0. The highest BCUT2D eigenvalue weighted by Gasteiger charge is 2.30. The molecule has 0 radical (unpaired) electrons. The summed E-state index contributed by atoms with van der Waals surface area (Å²) in [4.78, 5) is 13.8. The molecule has 0 aliphatic carbocycles. The van der Waals surface area contributed by atoms with Crippen molar-refractivity contribution in [3.8, 4) is 0 Å². The van der Waals surface area contributed by atoms with Gasteiger partial charge < -0.3 is 4.90 Å². The van der Waals surface area contributed by atoms with E-state index in [4.69, 9.17) is 0 Å². The lowest BCUT2D eigenvalue weighted by molar-refractivity contribution is 0.0743. The Labute approximate surface area is 97.4 Å². The minimum Gasteiger partial charge on any atom is -0.335 e. The Morgan fingerprint density at radius 1 is 1.60 bits per heavy atom. The monoisotopic (exact) mass is 243 g/mol. The predicted octanol–water partition coefficient (Wildman–Crippen LogP) is 1.51. The molecule has 6 heteroatoms. The van der Waals surface area contributed by atoms with Gasteiger partial charge in [-0.25, -0.2) is 0 Å². The van der Waals surface area contributed by atoms with Crippen LogP contribution >= 0.6 is 23.5 Å². The number of nitrogens with zero attached hydrogens (tertiary/aromatic N) is 3. The van der Waals surface area contributed by atoms with Crippen LogP contribution < -0.4 is 0 Å². The van der Waals surface area contributed by atoms with Gasteiger partial charge in [-0.05, 0) is 13.8 Å². The second-order valence-electron chi connectivity index (χ2n) is 4.13. The second-order valence-corrected chi connectivity index (χ2v) is 6.49. The van der Waals surface area contributed by atoms with Crippen LogP contribution in [0.1, 0.15) is 24.3 Å². The van der Waals surface area contributed by atoms with Crippen LogP contribution in [0.3, 0.4) is 0 Å². The molecule has 0 bridgehead atoms. The topological polar surface area (TPSA) is 46.1 Å². The molecule has 15 heavy (non-hydrogen) atoms. The molecule has 0 saturated carbocycles. The van der Waals surface area contributed by atoms with Gasteiger partial charge in [0, 0.05) is 23.6 Å². The molecule has 4 nitrogen and oxygen atoms in total. The van der Waals surface area contributed by atoms with Crippen molar-refractivity contribution >= 4 is 29.4 Å². The molecule has 1 aromatic heterocycles. The van der Waals surface area contributed by atoms with Crippen LogP contribution in [0, 0.1) is 0 Å². The Hall–Kier alpha value is -0.620. The quantitative estimate of drug-likeness (QED) is 0.750. The summed E-state index contributed by atoms with van der Waals surface area (Å²) < 4.78 is 7.97. The molecule has 1 aromatic rings. The van der Waals surface area contributed by atoms with E-state index in [1.807, 2.05) is 16.7 Å². The van der Waals surface area contributed by atoms with E-state index in [1.165, 1.54) is 0 Å². The summed E-state index contributed by atoms with van der Waals surface area (Å²) in [6, 6.07) is 0. The van der Waals surface area contributed by atoms with Gasteiger partial charge in [-0.1, -0.05) is 0 Å². The van der Waals surface area contributed by atoms with E-state index < -0.39 is 0 Å². The summed E-state index contributed by atoms with van der Waals surface area (Å²) in [5.74, 6) is 1.01. The van der Waals surface area contributed by atoms with Crippen LogP contribution in [0.2, 0.25) is 0 Å². The third-order valence-electron chi connectivity index (χ3n) is 2.29. The third-order valence-corrected chi connectivity index (χ3v) is 4.07. The molecule has 1 fully saturated rings. The van der Waals surface area contributed by atoms with Crippen LogP contribution in [0.4, 0.5) is 0 Å². The van der Waals surface area contributed by atoms with Crippen molar-refractivity contribution in [2.75, 3.05) is 18.8 Å². The summed E-state index contributed by atoms with van der Waals surface area (Å²) in [7, 11) is 0. The van der Waals surface area contributed by atoms with Gasteiger partial charge in [0.1, 0.15) is 0 Å². The van der Waals surface area contributed by atoms with Crippen molar-refractivity contribution in [3.05, 3.63) is 11.9 Å². The zero-order valence-electron chi connectivity index (χ0n) is 8.77. The molecule has 1 amide bonds. The molecule has 82 valence electrons. The van der Waals surface area contributed by atoms with Gasteiger partial charge in [-0.15, -0.1) is 0 Å². The van der Waals surface area contributed by atoms with E-state index in [0.717, 1.165) is 30.6 Å². The fourth-order valence-corrected chi connectivity index (χ4v) is 3.13. The van der Waals surface area contributed by atoms with Crippen molar-refractivity contribution in [2.24, 2.45) is 0 Å². The molecule has 1 aliphatic rings. The highest BCUT2D eigenvalue weighted by atomic mass is 32.2. The molecule has 1 aliphatic heterocycles. The Morgan fingerprint density at radius 2 is 2.40 bits per heavy atom. The lowest BCUT2D eigenvalue weighted by Gasteiger charge is -2.37. The molecule has 0 N–H and O–H groups in total. The van der Waals surface area contributed by atoms with Gasteiger partial charge in [0.15, 0.2) is 5.69 Å². The Bertz CT molecular complexity index is 350. The minimum absolute atomic E-state index is 0.0112. The minimum atomic E-state index is 0.0112. The summed E-state index contributed by atoms with van der Waals surface area (Å²) >= 11 is 2.99. The standard InChI is InChI=1S/C9H13N3OS2/c1-9(2)6-12(3-4-14-9)8(13)7-5-10-15-11-7/h5H,3-4,6H2,1-2H3. The molecule has 1 saturated heterocycles. The molecule has 0 unspecified atom stereocenters. The van der Waals surface area contributed by atoms with E-state index in [1.54, 1.807) is 6.20 Å². The smallest absolute Gasteiger partial charge is 0.275 e. The molecular weight excluding hydrogens is 230 g/mol. The lowest BCUT2D eigenvalue weighted by Crippen LogP contribution is -2.46. The van der Waals surface area contributed by atoms with Crippen molar-refractivity contribution in [2.45, 2.75) is 18.6 Å². The number of thioether (sulfide) groups is 1. The number of carbonyl (C=O) groups is 1. The van der Waals surface area contributed by atoms with Gasteiger partial charge in [-0.3, -0.25) is 4.79 Å². The van der Waals surface area contributed by atoms with Crippen molar-refractivity contribution in [1.82, 2.24) is 13.6 Å². The number of carbonyl (C=O) groups excluding carboxylic acids is 1. The average Bonchev–Trinajstić information content (AvgIpc) is 2.67. The first-order valence-corrected chi connectivity index (χ1v) is 6.51. The molecule has 2 rings (SSSR count). The molecule has 0 aromatic carbocycles. The van der Waals surface area contributed by atoms with Crippen LogP contribution in [0.25, 0.3) is 0 Å². The van der Waals surface area contributed by atoms with Crippen molar-refractivity contribution < 1.29 is 4.79 Å². The Kier molecular flexibility index (Phi) is 2.97. The number of rotatable bonds is 1. The Morgan fingerprint density at radius 3 is 3.00 bits per heavy atom. The van der Waals surface area contributed by atoms with E-state index in [-0.39, 0.29) is 10.7 Å². The fraction of sp³-hybridized carbons (Fsp3) is 0.667. The zero-order chi connectivity index (χ0) is 10.9. The first kappa shape index (κ1) is 10.9. The average molecular weight is 243 g/mol. The van der Waals surface area contributed by atoms with Gasteiger partial charge in [0.05, 0.1) is 17.9 Å². The number of hydrogen-bond acceptors (Lipinski definition) is 5. The molecule has 0 atom stereocenters. The summed E-state index contributed by atoms with van der Waals surface area (Å²) in [5.41, 5.74) is 0.475. The first-order valence-electron chi connectivity index (χ1n) is 4.79. The van der Waals surface area contributed by atoms with Crippen LogP contribution in [0.15, 0.2) is 6.20 Å². The maximum Gasteiger partial charge on any atom is 0.275 e. The summed E-state index contributed by atoms with van der Waals surface area (Å²) in [6.45, 7) is 5.92. The number of aromatic nitrogens is 2. The van der Waals surface area contributed by atoms with Gasteiger partial charge in [-0.2, -0.15) is 20.5 Å². The van der Waals surface area contributed by atoms with Crippen molar-refractivity contribution in [3.63, 3.8) is 0 Å². The van der Waals surface area contributed by atoms with E-state index in [2.05, 4.69) is 22.6 Å². The van der Waals surface area contributed by atoms with Crippen molar-refractivity contribution in [1.29, 1.82) is 0 Å². The van der Waals surface area contributed by atoms with Crippen LogP contribution in [0.5, 0.6) is 0 Å². The Balaban J connectivity index is 2.08. The van der Waals surface area contributed by atoms with Gasteiger partial charge in [0.2, 0.25) is 0 Å². The summed E-state index contributed by atoms with van der Waals surface area (Å²) in [6.07, 6.45) is 1.54. The third kappa shape index (κ3) is 2.49. The molecule has 0 spiro atoms. The first-order chi connectivity index (χ1) is 7.08. The highest BCUT2D eigenvalue weighted by molar-refractivity contribution is 8.00. The van der Waals surface area contributed by atoms with Gasteiger partial charge >= 0.3 is 0 Å². The second kappa shape index (κ2) is 4.09. The van der Waals surface area contributed by atoms with Crippen LogP contribution in [-0.2, 0) is 0 Å². The van der Waals surface area contributed by atoms with Gasteiger partial charge in [0.25, 0.3) is 5.91 Å². The fourth-order valence-electron chi connectivity index (χ4n) is 1.61. The largest absolute Gasteiger partial charge is 0.335 e. The maximum atomic E-state index is 12.0. The highest BCUT2D eigenvalue weighted by Crippen LogP contribution is 2.29. The molecule has 2 heterocycles. The van der Waals surface area contributed by atoms with Crippen LogP contribution in [-0.4, -0.2) is 43.1 Å². The van der Waals surface area contributed by atoms with E-state index >= 15 is 0 Å². The van der Waals surface area contributed by atoms with E-state index in [0.29, 0.717) is 5.69 Å². The number of amides is 1. The zero-order valence-corrected chi connectivity index (χ0v) is 10.4. The normalized spacial score (nSPS) is 20.3.